The SMILES string of the molecule is C=CC(=O)N1CCCC[C@@H](n2c(NC(=O)c3ccnc(C)c3)nc3cccc(OC4CC(C)COCC(C)C4)c32)C1. The highest BCUT2D eigenvalue weighted by Crippen LogP contribution is 2.37. The number of benzene rings is 1. The fraction of sp³-hybridized carbons (Fsp3) is 0.500. The maximum atomic E-state index is 13.4. The van der Waals surface area contributed by atoms with Crippen LogP contribution >= 0.6 is 0 Å². The summed E-state index contributed by atoms with van der Waals surface area (Å²) in [7, 11) is 0. The van der Waals surface area contributed by atoms with Crippen LogP contribution in [0.5, 0.6) is 5.75 Å². The number of rotatable bonds is 6. The van der Waals surface area contributed by atoms with Gasteiger partial charge in [-0.2, -0.15) is 0 Å². The summed E-state index contributed by atoms with van der Waals surface area (Å²) in [6, 6.07) is 9.24. The zero-order valence-electron chi connectivity index (χ0n) is 24.3. The van der Waals surface area contributed by atoms with E-state index < -0.39 is 0 Å². The van der Waals surface area contributed by atoms with Crippen molar-refractivity contribution in [1.29, 1.82) is 0 Å². The van der Waals surface area contributed by atoms with E-state index >= 15 is 0 Å². The van der Waals surface area contributed by atoms with Gasteiger partial charge in [0, 0.05) is 43.8 Å². The second-order valence-corrected chi connectivity index (χ2v) is 11.7. The minimum atomic E-state index is -0.259. The molecule has 0 radical (unpaired) electrons. The Labute approximate surface area is 241 Å². The lowest BCUT2D eigenvalue weighted by atomic mass is 9.95. The zero-order chi connectivity index (χ0) is 28.9. The van der Waals surface area contributed by atoms with Crippen molar-refractivity contribution in [1.82, 2.24) is 19.4 Å². The van der Waals surface area contributed by atoms with Crippen LogP contribution in [0.15, 0.2) is 49.2 Å². The van der Waals surface area contributed by atoms with Crippen molar-refractivity contribution >= 4 is 28.8 Å². The number of nitrogens with one attached hydrogen (secondary N) is 1. The van der Waals surface area contributed by atoms with Gasteiger partial charge in [0.25, 0.3) is 5.91 Å². The van der Waals surface area contributed by atoms with Crippen LogP contribution in [0, 0.1) is 18.8 Å². The fourth-order valence-corrected chi connectivity index (χ4v) is 6.05. The molecular weight excluding hydrogens is 518 g/mol. The van der Waals surface area contributed by atoms with E-state index in [4.69, 9.17) is 14.5 Å². The standard InChI is InChI=1S/C32H41N5O4/c1-5-29(38)36-14-7-6-9-25(18-36)37-30-27(34-32(37)35-31(39)24-12-13-33-23(4)17-24)10-8-11-28(30)41-26-15-21(2)19-40-20-22(3)16-26/h5,8,10-13,17,21-22,25-26H,1,6-7,9,14-16,18-20H2,2-4H3,(H,34,35,39)/t21?,22?,25-,26?/m1/s1. The van der Waals surface area contributed by atoms with Gasteiger partial charge in [0.05, 0.1) is 17.7 Å². The third-order valence-electron chi connectivity index (χ3n) is 7.98. The summed E-state index contributed by atoms with van der Waals surface area (Å²) in [5.41, 5.74) is 2.85. The van der Waals surface area contributed by atoms with E-state index in [1.807, 2.05) is 30.0 Å². The molecule has 3 aromatic rings. The Balaban J connectivity index is 1.57. The quantitative estimate of drug-likeness (QED) is 0.397. The molecule has 0 bridgehead atoms. The summed E-state index contributed by atoms with van der Waals surface area (Å²) >= 11 is 0. The lowest BCUT2D eigenvalue weighted by molar-refractivity contribution is -0.126. The first-order valence-electron chi connectivity index (χ1n) is 14.7. The largest absolute Gasteiger partial charge is 0.488 e. The average molecular weight is 560 g/mol. The van der Waals surface area contributed by atoms with Crippen LogP contribution in [0.2, 0.25) is 0 Å². The first-order chi connectivity index (χ1) is 19.8. The maximum absolute atomic E-state index is 13.4. The molecule has 1 aromatic carbocycles. The van der Waals surface area contributed by atoms with Crippen molar-refractivity contribution in [3.05, 3.63) is 60.4 Å². The Bertz CT molecular complexity index is 1390. The van der Waals surface area contributed by atoms with Gasteiger partial charge in [0.15, 0.2) is 0 Å². The van der Waals surface area contributed by atoms with Crippen LogP contribution in [0.25, 0.3) is 11.0 Å². The van der Waals surface area contributed by atoms with E-state index in [-0.39, 0.29) is 24.0 Å². The molecule has 0 saturated carbocycles. The van der Waals surface area contributed by atoms with Crippen molar-refractivity contribution in [3.63, 3.8) is 0 Å². The van der Waals surface area contributed by atoms with Crippen molar-refractivity contribution in [3.8, 4) is 5.75 Å². The van der Waals surface area contributed by atoms with Crippen LogP contribution in [0.4, 0.5) is 5.95 Å². The number of nitrogens with zero attached hydrogens (tertiary/aromatic N) is 4. The number of ether oxygens (including phenoxy) is 2. The fourth-order valence-electron chi connectivity index (χ4n) is 6.05. The summed E-state index contributed by atoms with van der Waals surface area (Å²) in [5.74, 6) is 1.61. The Morgan fingerprint density at radius 2 is 1.93 bits per heavy atom. The Morgan fingerprint density at radius 3 is 2.66 bits per heavy atom. The number of fused-ring (bicyclic) bond motifs is 1. The number of para-hydroxylation sites is 1. The van der Waals surface area contributed by atoms with E-state index in [2.05, 4.69) is 35.3 Å². The monoisotopic (exact) mass is 559 g/mol. The number of anilines is 1. The molecule has 2 aliphatic heterocycles. The van der Waals surface area contributed by atoms with Gasteiger partial charge in [-0.05, 0) is 81.2 Å². The van der Waals surface area contributed by atoms with Crippen molar-refractivity contribution in [2.24, 2.45) is 11.8 Å². The van der Waals surface area contributed by atoms with Crippen LogP contribution in [0.1, 0.15) is 68.0 Å². The summed E-state index contributed by atoms with van der Waals surface area (Å²) < 4.78 is 14.7. The predicted molar refractivity (Wildman–Crippen MR) is 159 cm³/mol. The molecule has 2 fully saturated rings. The summed E-state index contributed by atoms with van der Waals surface area (Å²) in [6.07, 6.45) is 7.52. The number of aryl methyl sites for hydroxylation is 1. The van der Waals surface area contributed by atoms with Crippen LogP contribution in [-0.2, 0) is 9.53 Å². The number of pyridine rings is 1. The van der Waals surface area contributed by atoms with E-state index in [0.717, 1.165) is 67.8 Å². The molecule has 2 aromatic heterocycles. The van der Waals surface area contributed by atoms with Gasteiger partial charge in [-0.25, -0.2) is 4.98 Å². The van der Waals surface area contributed by atoms with Gasteiger partial charge >= 0.3 is 0 Å². The third-order valence-corrected chi connectivity index (χ3v) is 7.98. The molecule has 0 spiro atoms. The van der Waals surface area contributed by atoms with E-state index in [1.165, 1.54) is 6.08 Å². The second kappa shape index (κ2) is 12.9. The van der Waals surface area contributed by atoms with Gasteiger partial charge in [0.2, 0.25) is 11.9 Å². The normalized spacial score (nSPS) is 23.7. The number of amides is 2. The molecule has 4 heterocycles. The number of hydrogen-bond acceptors (Lipinski definition) is 6. The number of carbonyl (C=O) groups excluding carboxylic acids is 2. The summed E-state index contributed by atoms with van der Waals surface area (Å²) in [4.78, 5) is 37.1. The number of likely N-dealkylation sites (tertiary alicyclic amines) is 1. The zero-order valence-corrected chi connectivity index (χ0v) is 24.3. The molecule has 1 N–H and O–H groups in total. The molecule has 218 valence electrons. The maximum Gasteiger partial charge on any atom is 0.258 e. The highest BCUT2D eigenvalue weighted by Gasteiger charge is 2.29. The third kappa shape index (κ3) is 6.78. The lowest BCUT2D eigenvalue weighted by Gasteiger charge is -2.29. The van der Waals surface area contributed by atoms with E-state index in [0.29, 0.717) is 36.4 Å². The minimum Gasteiger partial charge on any atom is -0.488 e. The summed E-state index contributed by atoms with van der Waals surface area (Å²) in [5, 5.41) is 3.07. The second-order valence-electron chi connectivity index (χ2n) is 11.7. The van der Waals surface area contributed by atoms with Crippen molar-refractivity contribution in [2.45, 2.75) is 65.0 Å². The number of carbonyl (C=O) groups is 2. The molecule has 5 rings (SSSR count). The molecular formula is C32H41N5O4. The molecule has 2 amide bonds. The molecule has 2 aliphatic rings. The molecule has 2 saturated heterocycles. The minimum absolute atomic E-state index is 0.0312. The highest BCUT2D eigenvalue weighted by molar-refractivity contribution is 6.04. The topological polar surface area (TPSA) is 98.6 Å². The van der Waals surface area contributed by atoms with Crippen molar-refractivity contribution in [2.75, 3.05) is 31.6 Å². The predicted octanol–water partition coefficient (Wildman–Crippen LogP) is 5.56. The number of aromatic nitrogens is 3. The highest BCUT2D eigenvalue weighted by atomic mass is 16.5. The number of hydrogen-bond donors (Lipinski definition) is 1. The van der Waals surface area contributed by atoms with Crippen LogP contribution in [0.3, 0.4) is 0 Å². The lowest BCUT2D eigenvalue weighted by Crippen LogP contribution is -2.34. The molecule has 3 atom stereocenters. The molecule has 2 unspecified atom stereocenters. The molecule has 0 aliphatic carbocycles. The van der Waals surface area contributed by atoms with Gasteiger partial charge in [-0.15, -0.1) is 0 Å². The Morgan fingerprint density at radius 1 is 1.15 bits per heavy atom. The average Bonchev–Trinajstić information content (AvgIpc) is 3.13. The molecule has 9 heteroatoms. The summed E-state index contributed by atoms with van der Waals surface area (Å²) in [6.45, 7) is 12.6. The van der Waals surface area contributed by atoms with E-state index in [1.54, 1.807) is 18.3 Å². The van der Waals surface area contributed by atoms with Gasteiger partial charge in [-0.1, -0.05) is 26.5 Å². The van der Waals surface area contributed by atoms with Gasteiger partial charge in [0.1, 0.15) is 11.3 Å². The molecule has 9 nitrogen and oxygen atoms in total. The van der Waals surface area contributed by atoms with Gasteiger partial charge in [-0.3, -0.25) is 19.9 Å². The Hall–Kier alpha value is -3.72. The first-order valence-corrected chi connectivity index (χ1v) is 14.7. The first kappa shape index (κ1) is 28.8. The number of imidazole rings is 1. The van der Waals surface area contributed by atoms with Crippen LogP contribution in [-0.4, -0.2) is 63.7 Å². The van der Waals surface area contributed by atoms with Gasteiger partial charge < -0.3 is 18.9 Å². The van der Waals surface area contributed by atoms with E-state index in [9.17, 15) is 9.59 Å². The van der Waals surface area contributed by atoms with Crippen LogP contribution < -0.4 is 10.1 Å². The molecule has 41 heavy (non-hydrogen) atoms. The van der Waals surface area contributed by atoms with Crippen molar-refractivity contribution < 1.29 is 19.1 Å². The smallest absolute Gasteiger partial charge is 0.258 e. The Kier molecular flexibility index (Phi) is 9.03.